The molecule has 1 aliphatic rings. The number of hydrogen-bond donors (Lipinski definition) is 2. The van der Waals surface area contributed by atoms with E-state index in [1.54, 1.807) is 19.2 Å². The Morgan fingerprint density at radius 1 is 1.38 bits per heavy atom. The Kier molecular flexibility index (Phi) is 8.85. The van der Waals surface area contributed by atoms with E-state index in [1.807, 2.05) is 6.07 Å². The van der Waals surface area contributed by atoms with Gasteiger partial charge >= 0.3 is 0 Å². The molecule has 0 aromatic heterocycles. The number of hydrogen-bond acceptors (Lipinski definition) is 5. The average molecular weight is 364 g/mol. The van der Waals surface area contributed by atoms with Crippen LogP contribution in [0.1, 0.15) is 24.8 Å². The number of non-ortho nitro benzene ring substituents is 1. The summed E-state index contributed by atoms with van der Waals surface area (Å²) >= 11 is 0. The van der Waals surface area contributed by atoms with E-state index in [0.29, 0.717) is 25.0 Å². The fourth-order valence-corrected chi connectivity index (χ4v) is 2.73. The zero-order chi connectivity index (χ0) is 18.6. The van der Waals surface area contributed by atoms with Crippen molar-refractivity contribution in [2.24, 2.45) is 10.9 Å². The van der Waals surface area contributed by atoms with Gasteiger partial charge in [0.15, 0.2) is 5.96 Å². The Morgan fingerprint density at radius 2 is 2.19 bits per heavy atom. The SMILES string of the molecule is CN=C(NCCCOCC1CCOCC1)NCc1cccc([N+](=O)[O-])c1. The van der Waals surface area contributed by atoms with Gasteiger partial charge in [-0.3, -0.25) is 15.1 Å². The van der Waals surface area contributed by atoms with Gasteiger partial charge in [0.2, 0.25) is 0 Å². The predicted molar refractivity (Wildman–Crippen MR) is 100 cm³/mol. The molecule has 0 bridgehead atoms. The lowest BCUT2D eigenvalue weighted by atomic mass is 10.0. The molecule has 1 saturated heterocycles. The first kappa shape index (κ1) is 20.1. The third kappa shape index (κ3) is 7.37. The number of ether oxygens (including phenoxy) is 2. The smallest absolute Gasteiger partial charge is 0.269 e. The molecule has 1 aliphatic heterocycles. The van der Waals surface area contributed by atoms with Crippen LogP contribution < -0.4 is 10.6 Å². The van der Waals surface area contributed by atoms with Crippen LogP contribution in [0.4, 0.5) is 5.69 Å². The van der Waals surface area contributed by atoms with Gasteiger partial charge in [-0.1, -0.05) is 12.1 Å². The van der Waals surface area contributed by atoms with Crippen LogP contribution in [-0.2, 0) is 16.0 Å². The zero-order valence-electron chi connectivity index (χ0n) is 15.3. The van der Waals surface area contributed by atoms with Gasteiger partial charge in [0.05, 0.1) is 4.92 Å². The second kappa shape index (κ2) is 11.4. The van der Waals surface area contributed by atoms with Crippen LogP contribution in [0.5, 0.6) is 0 Å². The summed E-state index contributed by atoms with van der Waals surface area (Å²) in [5, 5.41) is 17.2. The molecule has 0 radical (unpaired) electrons. The maximum Gasteiger partial charge on any atom is 0.269 e. The summed E-state index contributed by atoms with van der Waals surface area (Å²) in [5.74, 6) is 1.29. The molecule has 8 nitrogen and oxygen atoms in total. The minimum Gasteiger partial charge on any atom is -0.381 e. The quantitative estimate of drug-likeness (QED) is 0.229. The normalized spacial score (nSPS) is 15.7. The molecule has 1 aromatic carbocycles. The van der Waals surface area contributed by atoms with E-state index in [-0.39, 0.29) is 5.69 Å². The summed E-state index contributed by atoms with van der Waals surface area (Å²) < 4.78 is 11.1. The summed E-state index contributed by atoms with van der Waals surface area (Å²) in [4.78, 5) is 14.6. The molecule has 0 unspecified atom stereocenters. The van der Waals surface area contributed by atoms with Gasteiger partial charge in [0.1, 0.15) is 0 Å². The van der Waals surface area contributed by atoms with Crippen molar-refractivity contribution in [3.05, 3.63) is 39.9 Å². The molecule has 1 heterocycles. The number of guanidine groups is 1. The van der Waals surface area contributed by atoms with E-state index >= 15 is 0 Å². The first-order valence-corrected chi connectivity index (χ1v) is 9.02. The molecule has 0 aliphatic carbocycles. The highest BCUT2D eigenvalue weighted by atomic mass is 16.6. The lowest BCUT2D eigenvalue weighted by Gasteiger charge is -2.21. The van der Waals surface area contributed by atoms with Crippen molar-refractivity contribution >= 4 is 11.6 Å². The highest BCUT2D eigenvalue weighted by molar-refractivity contribution is 5.79. The van der Waals surface area contributed by atoms with Gasteiger partial charge in [-0.25, -0.2) is 0 Å². The van der Waals surface area contributed by atoms with Crippen molar-refractivity contribution in [2.75, 3.05) is 40.0 Å². The number of rotatable bonds is 9. The van der Waals surface area contributed by atoms with Crippen LogP contribution >= 0.6 is 0 Å². The van der Waals surface area contributed by atoms with Crippen LogP contribution in [0.3, 0.4) is 0 Å². The Morgan fingerprint density at radius 3 is 2.92 bits per heavy atom. The summed E-state index contributed by atoms with van der Waals surface area (Å²) in [7, 11) is 1.70. The van der Waals surface area contributed by atoms with E-state index in [9.17, 15) is 10.1 Å². The second-order valence-corrected chi connectivity index (χ2v) is 6.26. The molecule has 26 heavy (non-hydrogen) atoms. The summed E-state index contributed by atoms with van der Waals surface area (Å²) in [6, 6.07) is 6.57. The van der Waals surface area contributed by atoms with E-state index in [0.717, 1.165) is 51.2 Å². The molecule has 1 aromatic rings. The van der Waals surface area contributed by atoms with Crippen molar-refractivity contribution in [3.63, 3.8) is 0 Å². The fourth-order valence-electron chi connectivity index (χ4n) is 2.73. The summed E-state index contributed by atoms with van der Waals surface area (Å²) in [6.07, 6.45) is 3.07. The van der Waals surface area contributed by atoms with E-state index < -0.39 is 4.92 Å². The number of nitrogens with one attached hydrogen (secondary N) is 2. The highest BCUT2D eigenvalue weighted by Crippen LogP contribution is 2.14. The standard InChI is InChI=1S/C18H28N4O4/c1-19-18(21-13-16-4-2-5-17(12-16)22(23)24)20-8-3-9-26-14-15-6-10-25-11-7-15/h2,4-5,12,15H,3,6-11,13-14H2,1H3,(H2,19,20,21). The van der Waals surface area contributed by atoms with Crippen molar-refractivity contribution in [2.45, 2.75) is 25.8 Å². The first-order valence-electron chi connectivity index (χ1n) is 9.02. The number of nitrogens with zero attached hydrogens (tertiary/aromatic N) is 2. The summed E-state index contributed by atoms with van der Waals surface area (Å²) in [6.45, 7) is 4.45. The Balaban J connectivity index is 1.59. The fraction of sp³-hybridized carbons (Fsp3) is 0.611. The van der Waals surface area contributed by atoms with Crippen molar-refractivity contribution in [3.8, 4) is 0 Å². The van der Waals surface area contributed by atoms with Crippen LogP contribution in [0.15, 0.2) is 29.3 Å². The monoisotopic (exact) mass is 364 g/mol. The van der Waals surface area contributed by atoms with Crippen LogP contribution in [-0.4, -0.2) is 50.9 Å². The van der Waals surface area contributed by atoms with Gasteiger partial charge in [0, 0.05) is 58.7 Å². The topological polar surface area (TPSA) is 98.0 Å². The first-order chi connectivity index (χ1) is 12.7. The third-order valence-corrected chi connectivity index (χ3v) is 4.26. The van der Waals surface area contributed by atoms with Crippen LogP contribution in [0.2, 0.25) is 0 Å². The molecule has 8 heteroatoms. The van der Waals surface area contributed by atoms with Crippen molar-refractivity contribution < 1.29 is 14.4 Å². The van der Waals surface area contributed by atoms with Crippen LogP contribution in [0.25, 0.3) is 0 Å². The largest absolute Gasteiger partial charge is 0.381 e. The van der Waals surface area contributed by atoms with Crippen LogP contribution in [0, 0.1) is 16.0 Å². The second-order valence-electron chi connectivity index (χ2n) is 6.26. The zero-order valence-corrected chi connectivity index (χ0v) is 15.3. The highest BCUT2D eigenvalue weighted by Gasteiger charge is 2.13. The Bertz CT molecular complexity index is 588. The lowest BCUT2D eigenvalue weighted by Crippen LogP contribution is -2.37. The number of nitro benzene ring substituents is 1. The predicted octanol–water partition coefficient (Wildman–Crippen LogP) is 2.09. The number of nitro groups is 1. The summed E-state index contributed by atoms with van der Waals surface area (Å²) in [5.41, 5.74) is 0.927. The minimum atomic E-state index is -0.392. The van der Waals surface area contributed by atoms with Gasteiger partial charge in [-0.15, -0.1) is 0 Å². The molecule has 144 valence electrons. The van der Waals surface area contributed by atoms with Gasteiger partial charge in [0.25, 0.3) is 5.69 Å². The molecule has 2 rings (SSSR count). The molecular weight excluding hydrogens is 336 g/mol. The van der Waals surface area contributed by atoms with Gasteiger partial charge in [-0.05, 0) is 30.7 Å². The van der Waals surface area contributed by atoms with Gasteiger partial charge < -0.3 is 20.1 Å². The van der Waals surface area contributed by atoms with Gasteiger partial charge in [-0.2, -0.15) is 0 Å². The maximum atomic E-state index is 10.8. The molecule has 0 spiro atoms. The maximum absolute atomic E-state index is 10.8. The number of benzene rings is 1. The number of aliphatic imine (C=N–C) groups is 1. The van der Waals surface area contributed by atoms with Crippen molar-refractivity contribution in [1.82, 2.24) is 10.6 Å². The minimum absolute atomic E-state index is 0.0916. The molecule has 0 atom stereocenters. The Hall–Kier alpha value is -2.19. The average Bonchev–Trinajstić information content (AvgIpc) is 2.68. The van der Waals surface area contributed by atoms with Crippen molar-refractivity contribution in [1.29, 1.82) is 0 Å². The molecule has 1 fully saturated rings. The Labute approximate surface area is 154 Å². The molecule has 2 N–H and O–H groups in total. The molecular formula is C18H28N4O4. The van der Waals surface area contributed by atoms with E-state index in [1.165, 1.54) is 6.07 Å². The lowest BCUT2D eigenvalue weighted by molar-refractivity contribution is -0.384. The van der Waals surface area contributed by atoms with E-state index in [2.05, 4.69) is 15.6 Å². The molecule has 0 amide bonds. The molecule has 0 saturated carbocycles. The van der Waals surface area contributed by atoms with E-state index in [4.69, 9.17) is 9.47 Å². The third-order valence-electron chi connectivity index (χ3n) is 4.26.